The van der Waals surface area contributed by atoms with Crippen LogP contribution < -0.4 is 9.47 Å². The van der Waals surface area contributed by atoms with E-state index in [2.05, 4.69) is 13.0 Å². The maximum Gasteiger partial charge on any atom is 0.169 e. The lowest BCUT2D eigenvalue weighted by Crippen LogP contribution is -1.91. The Hall–Kier alpha value is -1.96. The average Bonchev–Trinajstić information content (AvgIpc) is 2.40. The van der Waals surface area contributed by atoms with Crippen molar-refractivity contribution < 1.29 is 9.47 Å². The predicted octanol–water partition coefficient (Wildman–Crippen LogP) is 4.05. The van der Waals surface area contributed by atoms with Crippen LogP contribution in [0.2, 0.25) is 0 Å². The van der Waals surface area contributed by atoms with Crippen molar-refractivity contribution in [2.45, 2.75) is 13.3 Å². The van der Waals surface area contributed by atoms with E-state index in [1.807, 2.05) is 42.5 Å². The van der Waals surface area contributed by atoms with Gasteiger partial charge in [-0.05, 0) is 36.2 Å². The molecule has 0 unspecified atom stereocenters. The molecule has 0 aliphatic heterocycles. The normalized spacial score (nSPS) is 10.0. The lowest BCUT2D eigenvalue weighted by molar-refractivity contribution is 0.378. The lowest BCUT2D eigenvalue weighted by Gasteiger charge is -2.11. The van der Waals surface area contributed by atoms with Crippen LogP contribution >= 0.6 is 0 Å². The highest BCUT2D eigenvalue weighted by Gasteiger charge is 2.05. The number of methoxy groups -OCH3 is 1. The number of aryl methyl sites for hydroxylation is 1. The van der Waals surface area contributed by atoms with Gasteiger partial charge in [0.15, 0.2) is 11.5 Å². The van der Waals surface area contributed by atoms with Crippen molar-refractivity contribution in [1.82, 2.24) is 0 Å². The third kappa shape index (κ3) is 2.78. The molecule has 0 aromatic heterocycles. The molecule has 0 N–H and O–H groups in total. The molecule has 0 saturated carbocycles. The summed E-state index contributed by atoms with van der Waals surface area (Å²) in [6, 6.07) is 15.7. The first kappa shape index (κ1) is 11.5. The Kier molecular flexibility index (Phi) is 3.66. The highest BCUT2D eigenvalue weighted by molar-refractivity contribution is 5.45. The van der Waals surface area contributed by atoms with Gasteiger partial charge in [-0.3, -0.25) is 0 Å². The van der Waals surface area contributed by atoms with E-state index in [1.165, 1.54) is 5.56 Å². The van der Waals surface area contributed by atoms with E-state index in [0.29, 0.717) is 0 Å². The Balaban J connectivity index is 2.26. The Morgan fingerprint density at radius 3 is 2.35 bits per heavy atom. The Morgan fingerprint density at radius 1 is 0.941 bits per heavy atom. The van der Waals surface area contributed by atoms with Gasteiger partial charge in [-0.2, -0.15) is 0 Å². The highest BCUT2D eigenvalue weighted by atomic mass is 16.5. The summed E-state index contributed by atoms with van der Waals surface area (Å²) in [5, 5.41) is 0. The Morgan fingerprint density at radius 2 is 1.71 bits per heavy atom. The van der Waals surface area contributed by atoms with E-state index >= 15 is 0 Å². The molecule has 0 saturated heterocycles. The van der Waals surface area contributed by atoms with Crippen molar-refractivity contribution in [2.24, 2.45) is 0 Å². The van der Waals surface area contributed by atoms with Crippen LogP contribution in [0.1, 0.15) is 12.5 Å². The first-order valence-corrected chi connectivity index (χ1v) is 5.73. The molecule has 2 nitrogen and oxygen atoms in total. The highest BCUT2D eigenvalue weighted by Crippen LogP contribution is 2.32. The number of ether oxygens (including phenoxy) is 2. The fourth-order valence-electron chi connectivity index (χ4n) is 1.63. The van der Waals surface area contributed by atoms with Crippen LogP contribution in [-0.2, 0) is 6.42 Å². The summed E-state index contributed by atoms with van der Waals surface area (Å²) in [5.74, 6) is 2.33. The van der Waals surface area contributed by atoms with E-state index < -0.39 is 0 Å². The van der Waals surface area contributed by atoms with Crippen LogP contribution in [0.25, 0.3) is 0 Å². The molecular formula is C15H16O2. The molecule has 0 bridgehead atoms. The molecule has 2 aromatic carbocycles. The van der Waals surface area contributed by atoms with Crippen molar-refractivity contribution in [3.05, 3.63) is 54.1 Å². The van der Waals surface area contributed by atoms with E-state index in [0.717, 1.165) is 23.7 Å². The number of para-hydroxylation sites is 1. The fraction of sp³-hybridized carbons (Fsp3) is 0.200. The largest absolute Gasteiger partial charge is 0.493 e. The number of benzene rings is 2. The summed E-state index contributed by atoms with van der Waals surface area (Å²) >= 11 is 0. The first-order chi connectivity index (χ1) is 8.33. The molecule has 0 radical (unpaired) electrons. The zero-order valence-electron chi connectivity index (χ0n) is 10.1. The molecule has 0 spiro atoms. The molecule has 88 valence electrons. The zero-order chi connectivity index (χ0) is 12.1. The third-order valence-corrected chi connectivity index (χ3v) is 2.61. The maximum atomic E-state index is 5.77. The van der Waals surface area contributed by atoms with Crippen LogP contribution in [0.5, 0.6) is 17.2 Å². The van der Waals surface area contributed by atoms with E-state index in [-0.39, 0.29) is 0 Å². The molecule has 0 amide bonds. The molecule has 17 heavy (non-hydrogen) atoms. The molecule has 2 rings (SSSR count). The van der Waals surface area contributed by atoms with Gasteiger partial charge in [-0.1, -0.05) is 31.2 Å². The summed E-state index contributed by atoms with van der Waals surface area (Å²) < 4.78 is 11.1. The van der Waals surface area contributed by atoms with Crippen molar-refractivity contribution in [3.63, 3.8) is 0 Å². The average molecular weight is 228 g/mol. The van der Waals surface area contributed by atoms with Crippen molar-refractivity contribution in [3.8, 4) is 17.2 Å². The predicted molar refractivity (Wildman–Crippen MR) is 68.9 cm³/mol. The van der Waals surface area contributed by atoms with Crippen molar-refractivity contribution >= 4 is 0 Å². The van der Waals surface area contributed by atoms with Crippen LogP contribution in [0.15, 0.2) is 48.5 Å². The molecule has 0 fully saturated rings. The monoisotopic (exact) mass is 228 g/mol. The summed E-state index contributed by atoms with van der Waals surface area (Å²) in [6.07, 6.45) is 0.988. The van der Waals surface area contributed by atoms with Gasteiger partial charge >= 0.3 is 0 Å². The van der Waals surface area contributed by atoms with Crippen molar-refractivity contribution in [1.29, 1.82) is 0 Å². The molecule has 0 aliphatic carbocycles. The summed E-state index contributed by atoms with van der Waals surface area (Å²) in [7, 11) is 1.66. The standard InChI is InChI=1S/C15H16O2/c1-3-12-9-10-14(15(11-12)16-2)17-13-7-5-4-6-8-13/h4-11H,3H2,1-2H3. The second kappa shape index (κ2) is 5.39. The SMILES string of the molecule is CCc1ccc(Oc2ccccc2)c(OC)c1. The molecule has 2 heteroatoms. The lowest BCUT2D eigenvalue weighted by atomic mass is 10.1. The third-order valence-electron chi connectivity index (χ3n) is 2.61. The Labute approximate surface area is 102 Å². The molecular weight excluding hydrogens is 212 g/mol. The van der Waals surface area contributed by atoms with E-state index in [1.54, 1.807) is 7.11 Å². The van der Waals surface area contributed by atoms with Gasteiger partial charge in [-0.15, -0.1) is 0 Å². The number of hydrogen-bond donors (Lipinski definition) is 0. The fourth-order valence-corrected chi connectivity index (χ4v) is 1.63. The Bertz CT molecular complexity index is 478. The summed E-state index contributed by atoms with van der Waals surface area (Å²) in [6.45, 7) is 2.12. The first-order valence-electron chi connectivity index (χ1n) is 5.73. The van der Waals surface area contributed by atoms with Gasteiger partial charge < -0.3 is 9.47 Å². The van der Waals surface area contributed by atoms with Crippen LogP contribution in [0, 0.1) is 0 Å². The van der Waals surface area contributed by atoms with E-state index in [9.17, 15) is 0 Å². The zero-order valence-corrected chi connectivity index (χ0v) is 10.1. The van der Waals surface area contributed by atoms with Gasteiger partial charge in [0, 0.05) is 0 Å². The molecule has 0 heterocycles. The molecule has 2 aromatic rings. The number of rotatable bonds is 4. The van der Waals surface area contributed by atoms with Gasteiger partial charge in [0.1, 0.15) is 5.75 Å². The van der Waals surface area contributed by atoms with Crippen LogP contribution in [0.3, 0.4) is 0 Å². The summed E-state index contributed by atoms with van der Waals surface area (Å²) in [4.78, 5) is 0. The van der Waals surface area contributed by atoms with Crippen molar-refractivity contribution in [2.75, 3.05) is 7.11 Å². The van der Waals surface area contributed by atoms with Gasteiger partial charge in [0.25, 0.3) is 0 Å². The van der Waals surface area contributed by atoms with Gasteiger partial charge in [0.2, 0.25) is 0 Å². The quantitative estimate of drug-likeness (QED) is 0.786. The minimum Gasteiger partial charge on any atom is -0.493 e. The molecule has 0 atom stereocenters. The van der Waals surface area contributed by atoms with E-state index in [4.69, 9.17) is 9.47 Å². The molecule has 0 aliphatic rings. The number of hydrogen-bond acceptors (Lipinski definition) is 2. The van der Waals surface area contributed by atoms with Crippen LogP contribution in [0.4, 0.5) is 0 Å². The van der Waals surface area contributed by atoms with Gasteiger partial charge in [0.05, 0.1) is 7.11 Å². The van der Waals surface area contributed by atoms with Gasteiger partial charge in [-0.25, -0.2) is 0 Å². The smallest absolute Gasteiger partial charge is 0.169 e. The summed E-state index contributed by atoms with van der Waals surface area (Å²) in [5.41, 5.74) is 1.24. The van der Waals surface area contributed by atoms with Crippen LogP contribution in [-0.4, -0.2) is 7.11 Å². The second-order valence-corrected chi connectivity index (χ2v) is 3.75. The minimum absolute atomic E-state index is 0.746. The maximum absolute atomic E-state index is 5.77. The topological polar surface area (TPSA) is 18.5 Å². The second-order valence-electron chi connectivity index (χ2n) is 3.75. The minimum atomic E-state index is 0.746.